The number of rotatable bonds is 12. The van der Waals surface area contributed by atoms with E-state index in [1.807, 2.05) is 0 Å². The number of benzene rings is 2. The van der Waals surface area contributed by atoms with Crippen LogP contribution in [0, 0.1) is 13.8 Å². The second-order valence-corrected chi connectivity index (χ2v) is 17.3. The first-order chi connectivity index (χ1) is 23.7. The molecule has 0 radical (unpaired) electrons. The van der Waals surface area contributed by atoms with Gasteiger partial charge in [0.15, 0.2) is 0 Å². The second-order valence-electron chi connectivity index (χ2n) is 11.9. The van der Waals surface area contributed by atoms with Gasteiger partial charge in [-0.2, -0.15) is 0 Å². The summed E-state index contributed by atoms with van der Waals surface area (Å²) in [5.41, 5.74) is 6.93. The van der Waals surface area contributed by atoms with Crippen molar-refractivity contribution < 1.29 is 19.8 Å². The van der Waals surface area contributed by atoms with Crippen molar-refractivity contribution >= 4 is 68.6 Å². The minimum absolute atomic E-state index is 0.0689. The number of hydrogen-bond donors (Lipinski definition) is 2. The van der Waals surface area contributed by atoms with Crippen molar-refractivity contribution in [1.29, 1.82) is 0 Å². The molecule has 2 aromatic carbocycles. The van der Waals surface area contributed by atoms with E-state index in [1.54, 1.807) is 56.7 Å². The average Bonchev–Trinajstić information content (AvgIpc) is 3.92. The molecule has 0 spiro atoms. The molecule has 0 aliphatic heterocycles. The Bertz CT molecular complexity index is 2100. The van der Waals surface area contributed by atoms with E-state index in [2.05, 4.69) is 111 Å². The Morgan fingerprint density at radius 2 is 0.796 bits per heavy atom. The van der Waals surface area contributed by atoms with E-state index in [9.17, 15) is 19.8 Å². The van der Waals surface area contributed by atoms with Crippen LogP contribution in [0.5, 0.6) is 0 Å². The summed E-state index contributed by atoms with van der Waals surface area (Å²) in [6, 6.07) is 34.4. The van der Waals surface area contributed by atoms with Gasteiger partial charge in [-0.3, -0.25) is 9.59 Å². The van der Waals surface area contributed by atoms with Gasteiger partial charge in [-0.1, -0.05) is 59.7 Å². The zero-order valence-corrected chi connectivity index (χ0v) is 30.9. The highest BCUT2D eigenvalue weighted by Gasteiger charge is 2.20. The third-order valence-corrected chi connectivity index (χ3v) is 14.7. The van der Waals surface area contributed by atoms with Crippen LogP contribution in [0.25, 0.3) is 59.9 Å². The molecule has 0 unspecified atom stereocenters. The molecule has 5 heterocycles. The number of thiophene rings is 5. The molecule has 0 fully saturated rings. The summed E-state index contributed by atoms with van der Waals surface area (Å²) in [4.78, 5) is 34.6. The highest BCUT2D eigenvalue weighted by molar-refractivity contribution is 7.30. The molecule has 9 heteroatoms. The van der Waals surface area contributed by atoms with Crippen molar-refractivity contribution in [2.45, 2.75) is 39.5 Å². The van der Waals surface area contributed by atoms with E-state index in [0.29, 0.717) is 12.8 Å². The van der Waals surface area contributed by atoms with Crippen LogP contribution in [0.4, 0.5) is 0 Å². The molecule has 0 atom stereocenters. The Morgan fingerprint density at radius 3 is 1.18 bits per heavy atom. The van der Waals surface area contributed by atoms with Gasteiger partial charge in [0.2, 0.25) is 0 Å². The van der Waals surface area contributed by atoms with Gasteiger partial charge in [-0.05, 0) is 97.5 Å². The quantitative estimate of drug-likeness (QED) is 0.131. The lowest BCUT2D eigenvalue weighted by molar-refractivity contribution is -0.138. The molecular formula is C40H32O4S5. The van der Waals surface area contributed by atoms with Gasteiger partial charge in [0, 0.05) is 61.6 Å². The smallest absolute Gasteiger partial charge is 0.303 e. The summed E-state index contributed by atoms with van der Waals surface area (Å²) < 4.78 is 0. The molecule has 5 aromatic heterocycles. The van der Waals surface area contributed by atoms with E-state index < -0.39 is 11.9 Å². The predicted molar refractivity (Wildman–Crippen MR) is 210 cm³/mol. The highest BCUT2D eigenvalue weighted by atomic mass is 32.1. The van der Waals surface area contributed by atoms with Crippen LogP contribution >= 0.6 is 56.7 Å². The Morgan fingerprint density at radius 1 is 0.449 bits per heavy atom. The molecule has 4 nitrogen and oxygen atoms in total. The minimum Gasteiger partial charge on any atom is -0.481 e. The van der Waals surface area contributed by atoms with Crippen molar-refractivity contribution in [3.63, 3.8) is 0 Å². The fourth-order valence-corrected chi connectivity index (χ4v) is 11.5. The third kappa shape index (κ3) is 7.56. The number of carboxylic acids is 2. The summed E-state index contributed by atoms with van der Waals surface area (Å²) in [5, 5.41) is 19.0. The lowest BCUT2D eigenvalue weighted by Crippen LogP contribution is -1.97. The zero-order chi connectivity index (χ0) is 34.1. The average molecular weight is 737 g/mol. The highest BCUT2D eigenvalue weighted by Crippen LogP contribution is 2.49. The number of hydrogen-bond acceptors (Lipinski definition) is 7. The van der Waals surface area contributed by atoms with Crippen LogP contribution < -0.4 is 0 Å². The van der Waals surface area contributed by atoms with Crippen LogP contribution in [0.1, 0.15) is 35.1 Å². The second kappa shape index (κ2) is 14.4. The van der Waals surface area contributed by atoms with Gasteiger partial charge in [0.05, 0.1) is 0 Å². The first kappa shape index (κ1) is 33.4. The standard InChI is InChI=1S/C40H32O4S5/c1-23-3-7-25(8-4-23)29-13-15-31(45-29)35-21-27(11-19-37(41)42)39(48-35)33-17-18-34(47-33)40-28(12-20-38(43)44)22-36(49-40)32-16-14-30(46-32)26-9-5-24(2)6-10-26/h3-10,13-18,21-22H,11-12,19-20H2,1-2H3,(H,41,42)(H,43,44). The van der Waals surface area contributed by atoms with Gasteiger partial charge in [0.1, 0.15) is 0 Å². The maximum absolute atomic E-state index is 11.6. The fourth-order valence-electron chi connectivity index (χ4n) is 5.64. The number of aryl methyl sites for hydroxylation is 4. The molecule has 7 rings (SSSR count). The van der Waals surface area contributed by atoms with Gasteiger partial charge >= 0.3 is 11.9 Å². The van der Waals surface area contributed by atoms with E-state index in [1.165, 1.54) is 41.8 Å². The summed E-state index contributed by atoms with van der Waals surface area (Å²) in [6.45, 7) is 4.18. The Balaban J connectivity index is 1.22. The maximum atomic E-state index is 11.6. The fraction of sp³-hybridized carbons (Fsp3) is 0.150. The molecule has 49 heavy (non-hydrogen) atoms. The van der Waals surface area contributed by atoms with Crippen LogP contribution in [0.2, 0.25) is 0 Å². The molecule has 2 N–H and O–H groups in total. The van der Waals surface area contributed by atoms with Gasteiger partial charge in [0.25, 0.3) is 0 Å². The van der Waals surface area contributed by atoms with E-state index >= 15 is 0 Å². The van der Waals surface area contributed by atoms with Crippen LogP contribution in [0.15, 0.2) is 97.1 Å². The molecule has 0 saturated heterocycles. The summed E-state index contributed by atoms with van der Waals surface area (Å²) >= 11 is 8.62. The van der Waals surface area contributed by atoms with Crippen LogP contribution in [0.3, 0.4) is 0 Å². The van der Waals surface area contributed by atoms with Crippen molar-refractivity contribution in [2.75, 3.05) is 0 Å². The van der Waals surface area contributed by atoms with Crippen molar-refractivity contribution in [1.82, 2.24) is 0 Å². The Kier molecular flexibility index (Phi) is 9.80. The van der Waals surface area contributed by atoms with Crippen molar-refractivity contribution in [3.05, 3.63) is 119 Å². The molecule has 0 bridgehead atoms. The first-order valence-corrected chi connectivity index (χ1v) is 19.9. The SMILES string of the molecule is Cc1ccc(-c2ccc(-c3cc(CCC(=O)O)c(-c4ccc(-c5sc(-c6ccc(-c7ccc(C)cc7)s6)cc5CCC(=O)O)s4)s3)s2)cc1. The van der Waals surface area contributed by atoms with Gasteiger partial charge in [-0.15, -0.1) is 56.7 Å². The maximum Gasteiger partial charge on any atom is 0.303 e. The Hall–Kier alpha value is -4.12. The molecular weight excluding hydrogens is 705 g/mol. The van der Waals surface area contributed by atoms with Gasteiger partial charge < -0.3 is 10.2 Å². The number of aliphatic carboxylic acids is 2. The van der Waals surface area contributed by atoms with E-state index in [4.69, 9.17) is 0 Å². The lowest BCUT2D eigenvalue weighted by Gasteiger charge is -2.01. The zero-order valence-electron chi connectivity index (χ0n) is 26.8. The summed E-state index contributed by atoms with van der Waals surface area (Å²) in [5.74, 6) is -1.62. The normalized spacial score (nSPS) is 11.3. The number of carbonyl (C=O) groups is 2. The molecule has 0 amide bonds. The first-order valence-electron chi connectivity index (χ1n) is 15.8. The Labute approximate surface area is 305 Å². The molecule has 0 aliphatic rings. The van der Waals surface area contributed by atoms with Crippen molar-refractivity contribution in [3.8, 4) is 59.9 Å². The van der Waals surface area contributed by atoms with E-state index in [0.717, 1.165) is 40.4 Å². The van der Waals surface area contributed by atoms with Crippen LogP contribution in [-0.2, 0) is 22.4 Å². The molecule has 0 aliphatic carbocycles. The molecule has 7 aromatic rings. The molecule has 0 saturated carbocycles. The predicted octanol–water partition coefficient (Wildman–Crippen LogP) is 12.6. The van der Waals surface area contributed by atoms with Crippen molar-refractivity contribution in [2.24, 2.45) is 0 Å². The van der Waals surface area contributed by atoms with Gasteiger partial charge in [-0.25, -0.2) is 0 Å². The number of carboxylic acid groups (broad SMARTS) is 2. The van der Waals surface area contributed by atoms with Crippen LogP contribution in [-0.4, -0.2) is 22.2 Å². The minimum atomic E-state index is -0.809. The summed E-state index contributed by atoms with van der Waals surface area (Å²) in [6.07, 6.45) is 1.05. The van der Waals surface area contributed by atoms with E-state index in [-0.39, 0.29) is 12.8 Å². The molecule has 246 valence electrons. The lowest BCUT2D eigenvalue weighted by atomic mass is 10.1. The monoisotopic (exact) mass is 736 g/mol. The summed E-state index contributed by atoms with van der Waals surface area (Å²) in [7, 11) is 0. The topological polar surface area (TPSA) is 74.6 Å². The largest absolute Gasteiger partial charge is 0.481 e. The third-order valence-electron chi connectivity index (χ3n) is 8.26.